The standard InChI is InChI=1S/C15H23F5O2/c1-5-6-10(7-8-14(4,16)17)11(21)9-12(22)13(2,3)15(18,19)20/h9-10,22H,5-8H2,1-4H3/b12-9-. The lowest BCUT2D eigenvalue weighted by Gasteiger charge is -2.27. The summed E-state index contributed by atoms with van der Waals surface area (Å²) >= 11 is 0. The Hall–Kier alpha value is -1.14. The molecular formula is C15H23F5O2. The molecule has 2 nitrogen and oxygen atoms in total. The van der Waals surface area contributed by atoms with Crippen LogP contribution in [0.4, 0.5) is 22.0 Å². The first kappa shape index (κ1) is 20.9. The van der Waals surface area contributed by atoms with E-state index in [1.807, 2.05) is 0 Å². The van der Waals surface area contributed by atoms with Crippen molar-refractivity contribution in [1.29, 1.82) is 0 Å². The molecule has 0 saturated heterocycles. The molecule has 1 N–H and O–H groups in total. The summed E-state index contributed by atoms with van der Waals surface area (Å²) in [6.45, 7) is 3.97. The van der Waals surface area contributed by atoms with Crippen molar-refractivity contribution in [2.75, 3.05) is 0 Å². The van der Waals surface area contributed by atoms with Crippen LogP contribution in [0, 0.1) is 11.3 Å². The zero-order valence-electron chi connectivity index (χ0n) is 13.2. The zero-order chi connectivity index (χ0) is 17.8. The lowest BCUT2D eigenvalue weighted by molar-refractivity contribution is -0.206. The molecule has 0 fully saturated rings. The molecule has 0 rings (SSSR count). The van der Waals surface area contributed by atoms with Crippen LogP contribution in [0.3, 0.4) is 0 Å². The minimum absolute atomic E-state index is 0.133. The number of hydrogen-bond acceptors (Lipinski definition) is 2. The van der Waals surface area contributed by atoms with E-state index in [0.717, 1.165) is 20.8 Å². The van der Waals surface area contributed by atoms with E-state index in [-0.39, 0.29) is 12.8 Å². The molecule has 0 aromatic carbocycles. The Labute approximate surface area is 127 Å². The molecule has 0 saturated carbocycles. The summed E-state index contributed by atoms with van der Waals surface area (Å²) < 4.78 is 64.1. The molecule has 0 amide bonds. The number of hydrogen-bond donors (Lipinski definition) is 1. The second-order valence-electron chi connectivity index (χ2n) is 6.15. The van der Waals surface area contributed by atoms with Crippen LogP contribution >= 0.6 is 0 Å². The Bertz CT molecular complexity index is 405. The van der Waals surface area contributed by atoms with E-state index in [4.69, 9.17) is 0 Å². The van der Waals surface area contributed by atoms with Crippen LogP contribution in [0.15, 0.2) is 11.8 Å². The molecule has 7 heteroatoms. The molecule has 22 heavy (non-hydrogen) atoms. The SMILES string of the molecule is CCCC(CCC(C)(F)F)C(=O)/C=C(\O)C(C)(C)C(F)(F)F. The van der Waals surface area contributed by atoms with Gasteiger partial charge in [-0.1, -0.05) is 13.3 Å². The van der Waals surface area contributed by atoms with E-state index in [1.165, 1.54) is 0 Å². The molecule has 0 aliphatic rings. The number of allylic oxidation sites excluding steroid dienone is 2. The fourth-order valence-electron chi connectivity index (χ4n) is 1.78. The predicted molar refractivity (Wildman–Crippen MR) is 73.8 cm³/mol. The second-order valence-corrected chi connectivity index (χ2v) is 6.15. The predicted octanol–water partition coefficient (Wildman–Crippen LogP) is 5.44. The van der Waals surface area contributed by atoms with Crippen LogP contribution < -0.4 is 0 Å². The summed E-state index contributed by atoms with van der Waals surface area (Å²) in [7, 11) is 0. The van der Waals surface area contributed by atoms with E-state index < -0.39 is 41.4 Å². The van der Waals surface area contributed by atoms with Crippen molar-refractivity contribution >= 4 is 5.78 Å². The third-order valence-corrected chi connectivity index (χ3v) is 3.60. The Balaban J connectivity index is 5.13. The summed E-state index contributed by atoms with van der Waals surface area (Å²) in [5.41, 5.74) is -2.56. The normalized spacial score (nSPS) is 15.8. The molecule has 0 aromatic rings. The zero-order valence-corrected chi connectivity index (χ0v) is 13.2. The topological polar surface area (TPSA) is 37.3 Å². The average Bonchev–Trinajstić information content (AvgIpc) is 2.31. The minimum Gasteiger partial charge on any atom is -0.511 e. The van der Waals surface area contributed by atoms with E-state index in [9.17, 15) is 31.9 Å². The van der Waals surface area contributed by atoms with Gasteiger partial charge in [0, 0.05) is 18.4 Å². The molecule has 1 atom stereocenters. The van der Waals surface area contributed by atoms with Gasteiger partial charge in [0.15, 0.2) is 5.78 Å². The van der Waals surface area contributed by atoms with Crippen LogP contribution in [0.5, 0.6) is 0 Å². The Kier molecular flexibility index (Phi) is 7.03. The molecule has 0 heterocycles. The number of aliphatic hydroxyl groups excluding tert-OH is 1. The number of ketones is 1. The second kappa shape index (κ2) is 7.42. The fourth-order valence-corrected chi connectivity index (χ4v) is 1.78. The van der Waals surface area contributed by atoms with Crippen molar-refractivity contribution in [3.63, 3.8) is 0 Å². The van der Waals surface area contributed by atoms with Crippen LogP contribution in [0.1, 0.15) is 53.4 Å². The van der Waals surface area contributed by atoms with Gasteiger partial charge in [0.2, 0.25) is 5.92 Å². The van der Waals surface area contributed by atoms with Gasteiger partial charge < -0.3 is 5.11 Å². The highest BCUT2D eigenvalue weighted by atomic mass is 19.4. The molecular weight excluding hydrogens is 307 g/mol. The van der Waals surface area contributed by atoms with Crippen LogP contribution in [0.25, 0.3) is 0 Å². The van der Waals surface area contributed by atoms with Crippen molar-refractivity contribution in [3.8, 4) is 0 Å². The van der Waals surface area contributed by atoms with Crippen LogP contribution in [0.2, 0.25) is 0 Å². The molecule has 1 unspecified atom stereocenters. The van der Waals surface area contributed by atoms with Gasteiger partial charge in [-0.15, -0.1) is 0 Å². The lowest BCUT2D eigenvalue weighted by Crippen LogP contribution is -2.34. The Morgan fingerprint density at radius 3 is 1.95 bits per heavy atom. The maximum atomic E-state index is 12.9. The molecule has 0 radical (unpaired) electrons. The van der Waals surface area contributed by atoms with E-state index in [0.29, 0.717) is 12.5 Å². The smallest absolute Gasteiger partial charge is 0.400 e. The van der Waals surface area contributed by atoms with Gasteiger partial charge in [-0.05, 0) is 33.6 Å². The maximum Gasteiger partial charge on any atom is 0.400 e. The first-order valence-electron chi connectivity index (χ1n) is 7.12. The van der Waals surface area contributed by atoms with Crippen molar-refractivity contribution in [2.45, 2.75) is 65.5 Å². The van der Waals surface area contributed by atoms with Gasteiger partial charge in [-0.3, -0.25) is 4.79 Å². The highest BCUT2D eigenvalue weighted by Gasteiger charge is 2.50. The lowest BCUT2D eigenvalue weighted by atomic mass is 9.86. The van der Waals surface area contributed by atoms with Gasteiger partial charge in [0.05, 0.1) is 0 Å². The number of rotatable bonds is 8. The highest BCUT2D eigenvalue weighted by Crippen LogP contribution is 2.42. The third-order valence-electron chi connectivity index (χ3n) is 3.60. The molecule has 0 bridgehead atoms. The number of halogens is 5. The molecule has 0 aliphatic carbocycles. The highest BCUT2D eigenvalue weighted by molar-refractivity contribution is 5.92. The Morgan fingerprint density at radius 2 is 1.59 bits per heavy atom. The quantitative estimate of drug-likeness (QED) is 0.366. The molecule has 0 aromatic heterocycles. The number of carbonyl (C=O) groups excluding carboxylic acids is 1. The van der Waals surface area contributed by atoms with E-state index in [2.05, 4.69) is 0 Å². The van der Waals surface area contributed by atoms with E-state index >= 15 is 0 Å². The van der Waals surface area contributed by atoms with Gasteiger partial charge in [0.1, 0.15) is 11.2 Å². The van der Waals surface area contributed by atoms with Crippen molar-refractivity contribution < 1.29 is 31.9 Å². The molecule has 0 spiro atoms. The average molecular weight is 330 g/mol. The summed E-state index contributed by atoms with van der Waals surface area (Å²) in [6.07, 6.45) is -4.03. The molecule has 130 valence electrons. The largest absolute Gasteiger partial charge is 0.511 e. The van der Waals surface area contributed by atoms with E-state index in [1.54, 1.807) is 6.92 Å². The van der Waals surface area contributed by atoms with Gasteiger partial charge in [0.25, 0.3) is 0 Å². The number of alkyl halides is 5. The summed E-state index contributed by atoms with van der Waals surface area (Å²) in [4.78, 5) is 12.0. The maximum absolute atomic E-state index is 12.9. The Morgan fingerprint density at radius 1 is 1.09 bits per heavy atom. The fraction of sp³-hybridized carbons (Fsp3) is 0.800. The number of aliphatic hydroxyl groups is 1. The third kappa shape index (κ3) is 6.32. The minimum atomic E-state index is -4.72. The summed E-state index contributed by atoms with van der Waals surface area (Å²) in [5.74, 6) is -5.61. The molecule has 0 aliphatic heterocycles. The van der Waals surface area contributed by atoms with Crippen LogP contribution in [-0.2, 0) is 4.79 Å². The monoisotopic (exact) mass is 330 g/mol. The summed E-state index contributed by atoms with van der Waals surface area (Å²) in [6, 6.07) is 0. The first-order valence-corrected chi connectivity index (χ1v) is 7.12. The van der Waals surface area contributed by atoms with Gasteiger partial charge >= 0.3 is 6.18 Å². The first-order chi connectivity index (χ1) is 9.72. The van der Waals surface area contributed by atoms with Gasteiger partial charge in [-0.25, -0.2) is 8.78 Å². The van der Waals surface area contributed by atoms with Crippen molar-refractivity contribution in [1.82, 2.24) is 0 Å². The summed E-state index contributed by atoms with van der Waals surface area (Å²) in [5, 5.41) is 9.60. The van der Waals surface area contributed by atoms with Gasteiger partial charge in [-0.2, -0.15) is 13.2 Å². The number of carbonyl (C=O) groups is 1. The van der Waals surface area contributed by atoms with Crippen molar-refractivity contribution in [2.24, 2.45) is 11.3 Å². The van der Waals surface area contributed by atoms with Crippen molar-refractivity contribution in [3.05, 3.63) is 11.8 Å². The van der Waals surface area contributed by atoms with Crippen LogP contribution in [-0.4, -0.2) is 23.0 Å².